The highest BCUT2D eigenvalue weighted by atomic mass is 32.2. The standard InChI is InChI=1S/C9H14N2O4S/c1-3-15-9(12)6-7-8(4-5-11-7)16(13,14)10-2/h4-5,10-11H,3,6H2,1-2H3. The summed E-state index contributed by atoms with van der Waals surface area (Å²) in [5, 5.41) is 0. The first kappa shape index (κ1) is 12.7. The molecule has 1 aromatic heterocycles. The lowest BCUT2D eigenvalue weighted by atomic mass is 10.3. The van der Waals surface area contributed by atoms with Gasteiger partial charge in [-0.15, -0.1) is 0 Å². The van der Waals surface area contributed by atoms with Crippen LogP contribution in [0.4, 0.5) is 0 Å². The number of esters is 1. The highest BCUT2D eigenvalue weighted by Gasteiger charge is 2.19. The van der Waals surface area contributed by atoms with E-state index in [1.54, 1.807) is 6.92 Å². The molecule has 0 radical (unpaired) electrons. The number of rotatable bonds is 5. The molecule has 0 saturated carbocycles. The normalized spacial score (nSPS) is 11.4. The van der Waals surface area contributed by atoms with Crippen molar-refractivity contribution in [1.29, 1.82) is 0 Å². The second kappa shape index (κ2) is 5.13. The fourth-order valence-electron chi connectivity index (χ4n) is 1.25. The Morgan fingerprint density at radius 1 is 1.56 bits per heavy atom. The fourth-order valence-corrected chi connectivity index (χ4v) is 2.17. The Balaban J connectivity index is 2.92. The molecule has 0 amide bonds. The van der Waals surface area contributed by atoms with Gasteiger partial charge in [0.25, 0.3) is 0 Å². The van der Waals surface area contributed by atoms with Gasteiger partial charge in [0, 0.05) is 11.9 Å². The van der Waals surface area contributed by atoms with Crippen LogP contribution in [0.3, 0.4) is 0 Å². The summed E-state index contributed by atoms with van der Waals surface area (Å²) < 4.78 is 30.0. The van der Waals surface area contributed by atoms with Crippen molar-refractivity contribution in [2.24, 2.45) is 0 Å². The molecule has 16 heavy (non-hydrogen) atoms. The number of nitrogens with one attached hydrogen (secondary N) is 2. The molecule has 0 spiro atoms. The molecular formula is C9H14N2O4S. The predicted octanol–water partition coefficient (Wildman–Crippen LogP) is 0.0284. The number of aromatic nitrogens is 1. The largest absolute Gasteiger partial charge is 0.466 e. The quantitative estimate of drug-likeness (QED) is 0.717. The molecule has 1 rings (SSSR count). The smallest absolute Gasteiger partial charge is 0.311 e. The van der Waals surface area contributed by atoms with E-state index < -0.39 is 16.0 Å². The number of hydrogen-bond donors (Lipinski definition) is 2. The zero-order valence-corrected chi connectivity index (χ0v) is 9.93. The van der Waals surface area contributed by atoms with Gasteiger partial charge in [-0.1, -0.05) is 0 Å². The predicted molar refractivity (Wildman–Crippen MR) is 57.4 cm³/mol. The molecule has 0 fully saturated rings. The van der Waals surface area contributed by atoms with E-state index in [1.807, 2.05) is 0 Å². The van der Waals surface area contributed by atoms with Crippen LogP contribution in [0, 0.1) is 0 Å². The van der Waals surface area contributed by atoms with Crippen LogP contribution in [0.15, 0.2) is 17.2 Å². The molecule has 1 heterocycles. The molecule has 2 N–H and O–H groups in total. The monoisotopic (exact) mass is 246 g/mol. The van der Waals surface area contributed by atoms with Crippen LogP contribution in [-0.4, -0.2) is 33.0 Å². The highest BCUT2D eigenvalue weighted by Crippen LogP contribution is 2.14. The minimum absolute atomic E-state index is 0.0723. The van der Waals surface area contributed by atoms with Crippen LogP contribution in [0.25, 0.3) is 0 Å². The van der Waals surface area contributed by atoms with Gasteiger partial charge in [-0.2, -0.15) is 0 Å². The summed E-state index contributed by atoms with van der Waals surface area (Å²) >= 11 is 0. The molecule has 7 heteroatoms. The number of sulfonamides is 1. The number of hydrogen-bond acceptors (Lipinski definition) is 4. The first-order valence-electron chi connectivity index (χ1n) is 4.76. The van der Waals surface area contributed by atoms with Crippen LogP contribution in [0.5, 0.6) is 0 Å². The Morgan fingerprint density at radius 3 is 2.81 bits per heavy atom. The van der Waals surface area contributed by atoms with Gasteiger partial charge in [0.1, 0.15) is 4.90 Å². The topological polar surface area (TPSA) is 88.3 Å². The molecular weight excluding hydrogens is 232 g/mol. The lowest BCUT2D eigenvalue weighted by Crippen LogP contribution is -2.20. The Hall–Kier alpha value is -1.34. The van der Waals surface area contributed by atoms with Crippen molar-refractivity contribution in [1.82, 2.24) is 9.71 Å². The minimum atomic E-state index is -3.54. The average Bonchev–Trinajstić information content (AvgIpc) is 2.67. The van der Waals surface area contributed by atoms with Crippen LogP contribution < -0.4 is 4.72 Å². The van der Waals surface area contributed by atoms with E-state index in [0.717, 1.165) is 0 Å². The molecule has 0 atom stereocenters. The number of carbonyl (C=O) groups excluding carboxylic acids is 1. The first-order chi connectivity index (χ1) is 7.51. The van der Waals surface area contributed by atoms with E-state index >= 15 is 0 Å². The van der Waals surface area contributed by atoms with Crippen molar-refractivity contribution in [3.63, 3.8) is 0 Å². The van der Waals surface area contributed by atoms with E-state index in [1.165, 1.54) is 19.3 Å². The van der Waals surface area contributed by atoms with Gasteiger partial charge in [0.2, 0.25) is 10.0 Å². The second-order valence-electron chi connectivity index (χ2n) is 3.01. The summed E-state index contributed by atoms with van der Waals surface area (Å²) in [6, 6.07) is 1.40. The van der Waals surface area contributed by atoms with E-state index in [0.29, 0.717) is 5.69 Å². The van der Waals surface area contributed by atoms with Crippen molar-refractivity contribution in [3.8, 4) is 0 Å². The zero-order chi connectivity index (χ0) is 12.2. The van der Waals surface area contributed by atoms with E-state index in [9.17, 15) is 13.2 Å². The molecule has 0 saturated heterocycles. The fraction of sp³-hybridized carbons (Fsp3) is 0.444. The van der Waals surface area contributed by atoms with E-state index in [2.05, 4.69) is 9.71 Å². The van der Waals surface area contributed by atoms with E-state index in [-0.39, 0.29) is 17.9 Å². The molecule has 0 aromatic carbocycles. The van der Waals surface area contributed by atoms with Crippen molar-refractivity contribution in [3.05, 3.63) is 18.0 Å². The SMILES string of the molecule is CCOC(=O)Cc1[nH]ccc1S(=O)(=O)NC. The third kappa shape index (κ3) is 2.83. The molecule has 0 aliphatic heterocycles. The summed E-state index contributed by atoms with van der Waals surface area (Å²) in [6.45, 7) is 1.96. The number of ether oxygens (including phenoxy) is 1. The molecule has 90 valence electrons. The number of carbonyl (C=O) groups is 1. The van der Waals surface area contributed by atoms with E-state index in [4.69, 9.17) is 4.74 Å². The van der Waals surface area contributed by atoms with Crippen LogP contribution in [-0.2, 0) is 26.0 Å². The summed E-state index contributed by atoms with van der Waals surface area (Å²) in [7, 11) is -2.22. The van der Waals surface area contributed by atoms with Crippen LogP contribution in [0.1, 0.15) is 12.6 Å². The lowest BCUT2D eigenvalue weighted by molar-refractivity contribution is -0.142. The molecule has 0 bridgehead atoms. The van der Waals surface area contributed by atoms with Crippen molar-refractivity contribution in [2.75, 3.05) is 13.7 Å². The Morgan fingerprint density at radius 2 is 2.25 bits per heavy atom. The number of H-pyrrole nitrogens is 1. The van der Waals surface area contributed by atoms with Gasteiger partial charge in [-0.25, -0.2) is 13.1 Å². The maximum atomic E-state index is 11.5. The lowest BCUT2D eigenvalue weighted by Gasteiger charge is -2.04. The maximum absolute atomic E-state index is 11.5. The van der Waals surface area contributed by atoms with Gasteiger partial charge in [-0.3, -0.25) is 4.79 Å². The Labute approximate surface area is 94.1 Å². The summed E-state index contributed by atoms with van der Waals surface area (Å²) in [6.07, 6.45) is 1.38. The highest BCUT2D eigenvalue weighted by molar-refractivity contribution is 7.89. The van der Waals surface area contributed by atoms with Gasteiger partial charge in [0.05, 0.1) is 13.0 Å². The van der Waals surface area contributed by atoms with Crippen molar-refractivity contribution >= 4 is 16.0 Å². The second-order valence-corrected chi connectivity index (χ2v) is 4.86. The number of aromatic amines is 1. The zero-order valence-electron chi connectivity index (χ0n) is 9.11. The molecule has 6 nitrogen and oxygen atoms in total. The third-order valence-electron chi connectivity index (χ3n) is 1.97. The Kier molecular flexibility index (Phi) is 4.08. The van der Waals surface area contributed by atoms with Gasteiger partial charge in [0.15, 0.2) is 0 Å². The maximum Gasteiger partial charge on any atom is 0.311 e. The van der Waals surface area contributed by atoms with Gasteiger partial charge in [-0.05, 0) is 20.0 Å². The summed E-state index contributed by atoms with van der Waals surface area (Å²) in [4.78, 5) is 14.0. The van der Waals surface area contributed by atoms with Crippen LogP contribution >= 0.6 is 0 Å². The van der Waals surface area contributed by atoms with Crippen molar-refractivity contribution < 1.29 is 17.9 Å². The van der Waals surface area contributed by atoms with Gasteiger partial charge < -0.3 is 9.72 Å². The molecule has 0 aliphatic rings. The Bertz CT molecular complexity index is 464. The third-order valence-corrected chi connectivity index (χ3v) is 3.47. The molecule has 0 aliphatic carbocycles. The molecule has 1 aromatic rings. The van der Waals surface area contributed by atoms with Gasteiger partial charge >= 0.3 is 5.97 Å². The first-order valence-corrected chi connectivity index (χ1v) is 6.25. The molecule has 0 unspecified atom stereocenters. The average molecular weight is 246 g/mol. The van der Waals surface area contributed by atoms with Crippen molar-refractivity contribution in [2.45, 2.75) is 18.2 Å². The minimum Gasteiger partial charge on any atom is -0.466 e. The van der Waals surface area contributed by atoms with Crippen LogP contribution in [0.2, 0.25) is 0 Å². The summed E-state index contributed by atoms with van der Waals surface area (Å²) in [5.74, 6) is -0.461. The summed E-state index contributed by atoms with van der Waals surface area (Å²) in [5.41, 5.74) is 0.327.